The van der Waals surface area contributed by atoms with E-state index in [0.717, 1.165) is 0 Å². The predicted octanol–water partition coefficient (Wildman–Crippen LogP) is 1.37. The Balaban J connectivity index is -0.000000218. The van der Waals surface area contributed by atoms with E-state index >= 15 is 0 Å². The molecule has 1 radical (unpaired) electrons. The van der Waals surface area contributed by atoms with E-state index in [0.29, 0.717) is 22.8 Å². The Morgan fingerprint density at radius 1 is 0.529 bits per heavy atom. The fraction of sp³-hybridized carbons (Fsp3) is 0.500. The van der Waals surface area contributed by atoms with Gasteiger partial charge in [0.15, 0.2) is 0 Å². The maximum atomic E-state index is 8.03. The smallest absolute Gasteiger partial charge is 0.101 e. The molecule has 0 fully saturated rings. The molecule has 101 valence electrons. The summed E-state index contributed by atoms with van der Waals surface area (Å²) in [5, 5.41) is 43.3. The Morgan fingerprint density at radius 3 is 0.706 bits per heavy atom. The molecule has 9 heteroatoms. The van der Waals surface area contributed by atoms with Crippen LogP contribution in [-0.4, -0.2) is 43.7 Å². The fourth-order valence-corrected chi connectivity index (χ4v) is 0.289. The molecule has 0 aliphatic heterocycles. The van der Waals surface area contributed by atoms with Crippen molar-refractivity contribution in [1.29, 1.82) is 0 Å². The molecule has 8 nitrogen and oxygen atoms in total. The van der Waals surface area contributed by atoms with Crippen LogP contribution >= 0.6 is 0 Å². The summed E-state index contributed by atoms with van der Waals surface area (Å²) in [7, 11) is 0. The summed E-state index contributed by atoms with van der Waals surface area (Å²) in [6.07, 6.45) is 0. The van der Waals surface area contributed by atoms with Gasteiger partial charge >= 0.3 is 0 Å². The van der Waals surface area contributed by atoms with Gasteiger partial charge in [-0.1, -0.05) is 20.6 Å². The van der Waals surface area contributed by atoms with Gasteiger partial charge in [-0.05, 0) is 27.7 Å². The topological polar surface area (TPSA) is 130 Å². The Morgan fingerprint density at radius 2 is 0.647 bits per heavy atom. The van der Waals surface area contributed by atoms with Gasteiger partial charge in [0.2, 0.25) is 0 Å². The van der Waals surface area contributed by atoms with Gasteiger partial charge in [0, 0.05) is 16.8 Å². The molecule has 0 aliphatic carbocycles. The Hall–Kier alpha value is -1.61. The number of oxime groups is 4. The van der Waals surface area contributed by atoms with Crippen molar-refractivity contribution in [2.45, 2.75) is 27.7 Å². The van der Waals surface area contributed by atoms with E-state index < -0.39 is 0 Å². The molecule has 0 unspecified atom stereocenters. The number of hydrogen-bond donors (Lipinski definition) is 4. The maximum Gasteiger partial charge on any atom is 0.101 e. The summed E-state index contributed by atoms with van der Waals surface area (Å²) in [5.74, 6) is 0. The van der Waals surface area contributed by atoms with Gasteiger partial charge in [-0.15, -0.1) is 0 Å². The zero-order chi connectivity index (χ0) is 13.1. The van der Waals surface area contributed by atoms with Crippen LogP contribution in [0.15, 0.2) is 20.6 Å². The third-order valence-corrected chi connectivity index (χ3v) is 1.65. The van der Waals surface area contributed by atoms with E-state index in [2.05, 4.69) is 20.6 Å². The van der Waals surface area contributed by atoms with E-state index in [1.165, 1.54) is 27.7 Å². The third kappa shape index (κ3) is 10.7. The molecule has 0 bridgehead atoms. The largest absolute Gasteiger partial charge is 0.411 e. The summed E-state index contributed by atoms with van der Waals surface area (Å²) in [6.45, 7) is 6.15. The van der Waals surface area contributed by atoms with Crippen molar-refractivity contribution in [2.75, 3.05) is 0 Å². The molecule has 17 heavy (non-hydrogen) atoms. The fourth-order valence-electron chi connectivity index (χ4n) is 0.289. The van der Waals surface area contributed by atoms with Crippen LogP contribution < -0.4 is 0 Å². The molecule has 0 amide bonds. The van der Waals surface area contributed by atoms with E-state index in [4.69, 9.17) is 20.8 Å². The summed E-state index contributed by atoms with van der Waals surface area (Å²) in [6, 6.07) is 0. The van der Waals surface area contributed by atoms with Crippen LogP contribution in [0.5, 0.6) is 0 Å². The second-order valence-corrected chi connectivity index (χ2v) is 2.74. The van der Waals surface area contributed by atoms with Crippen LogP contribution in [-0.2, 0) is 16.8 Å². The summed E-state index contributed by atoms with van der Waals surface area (Å²) >= 11 is 0. The van der Waals surface area contributed by atoms with Crippen molar-refractivity contribution in [3.8, 4) is 0 Å². The van der Waals surface area contributed by atoms with E-state index in [9.17, 15) is 0 Å². The normalized spacial score (nSPS) is 13.4. The van der Waals surface area contributed by atoms with Gasteiger partial charge in [-0.2, -0.15) is 0 Å². The maximum absolute atomic E-state index is 8.03. The summed E-state index contributed by atoms with van der Waals surface area (Å²) in [5.41, 5.74) is 1.25. The first-order valence-electron chi connectivity index (χ1n) is 4.19. The molecule has 0 heterocycles. The first kappa shape index (κ1) is 20.8. The Labute approximate surface area is 109 Å². The van der Waals surface area contributed by atoms with Crippen LogP contribution in [0, 0.1) is 0 Å². The third-order valence-electron chi connectivity index (χ3n) is 1.65. The standard InChI is InChI=1S/2C4H8N2O2.Co/c2*1-3(5-7)4(2)6-8;/h2*7-8H,1-2H3;. The number of rotatable bonds is 2. The minimum atomic E-state index is 0. The molecular formula is C8H16CoN4O4. The minimum Gasteiger partial charge on any atom is -0.411 e. The van der Waals surface area contributed by atoms with Crippen molar-refractivity contribution < 1.29 is 37.6 Å². The second kappa shape index (κ2) is 12.5. The molecule has 0 rings (SSSR count). The molecule has 0 atom stereocenters. The molecule has 0 saturated heterocycles. The molecular weight excluding hydrogens is 275 g/mol. The van der Waals surface area contributed by atoms with Gasteiger partial charge in [-0.25, -0.2) is 0 Å². The average Bonchev–Trinajstić information content (AvgIpc) is 2.35. The van der Waals surface area contributed by atoms with E-state index in [-0.39, 0.29) is 16.8 Å². The van der Waals surface area contributed by atoms with Crippen molar-refractivity contribution in [3.05, 3.63) is 0 Å². The SMILES string of the molecule is CC(=NO)C(C)=NO.CC(=NO)C(C)=NO.[Co]. The molecule has 0 aliphatic rings. The number of nitrogens with zero attached hydrogens (tertiary/aromatic N) is 4. The van der Waals surface area contributed by atoms with Crippen LogP contribution in [0.2, 0.25) is 0 Å². The zero-order valence-corrected chi connectivity index (χ0v) is 11.0. The van der Waals surface area contributed by atoms with Crippen molar-refractivity contribution >= 4 is 22.8 Å². The van der Waals surface area contributed by atoms with Gasteiger partial charge in [0.1, 0.15) is 22.8 Å². The van der Waals surface area contributed by atoms with E-state index in [1.54, 1.807) is 0 Å². The van der Waals surface area contributed by atoms with Crippen molar-refractivity contribution in [1.82, 2.24) is 0 Å². The molecule has 0 aromatic rings. The Bertz CT molecular complexity index is 261. The minimum absolute atomic E-state index is 0. The van der Waals surface area contributed by atoms with Crippen molar-refractivity contribution in [3.63, 3.8) is 0 Å². The molecule has 0 aromatic carbocycles. The van der Waals surface area contributed by atoms with Gasteiger partial charge in [0.25, 0.3) is 0 Å². The monoisotopic (exact) mass is 291 g/mol. The van der Waals surface area contributed by atoms with Gasteiger partial charge in [0.05, 0.1) is 0 Å². The molecule has 0 saturated carbocycles. The quantitative estimate of drug-likeness (QED) is 0.347. The van der Waals surface area contributed by atoms with Gasteiger partial charge in [-0.3, -0.25) is 0 Å². The molecule has 0 spiro atoms. The van der Waals surface area contributed by atoms with Crippen LogP contribution in [0.3, 0.4) is 0 Å². The summed E-state index contributed by atoms with van der Waals surface area (Å²) < 4.78 is 0. The predicted molar refractivity (Wildman–Crippen MR) is 59.6 cm³/mol. The first-order chi connectivity index (χ1) is 7.44. The first-order valence-corrected chi connectivity index (χ1v) is 4.19. The van der Waals surface area contributed by atoms with Crippen LogP contribution in [0.4, 0.5) is 0 Å². The summed E-state index contributed by atoms with van der Waals surface area (Å²) in [4.78, 5) is 0. The van der Waals surface area contributed by atoms with Crippen LogP contribution in [0.1, 0.15) is 27.7 Å². The molecule has 0 aromatic heterocycles. The number of hydrogen-bond acceptors (Lipinski definition) is 8. The Kier molecular flexibility index (Phi) is 15.2. The van der Waals surface area contributed by atoms with Gasteiger partial charge < -0.3 is 20.8 Å². The van der Waals surface area contributed by atoms with E-state index in [1.807, 2.05) is 0 Å². The zero-order valence-electron chi connectivity index (χ0n) is 9.91. The molecule has 4 N–H and O–H groups in total. The van der Waals surface area contributed by atoms with Crippen LogP contribution in [0.25, 0.3) is 0 Å². The van der Waals surface area contributed by atoms with Crippen molar-refractivity contribution in [2.24, 2.45) is 20.6 Å². The average molecular weight is 291 g/mol. The second-order valence-electron chi connectivity index (χ2n) is 2.74.